The van der Waals surface area contributed by atoms with Crippen molar-refractivity contribution in [2.45, 2.75) is 12.6 Å². The maximum Gasteiger partial charge on any atom is 0.322 e. The van der Waals surface area contributed by atoms with E-state index in [1.165, 1.54) is 5.56 Å². The zero-order valence-corrected chi connectivity index (χ0v) is 10.0. The zero-order valence-electron chi connectivity index (χ0n) is 10.0. The number of nitrogens with zero attached hydrogens (tertiary/aromatic N) is 2. The molecule has 0 unspecified atom stereocenters. The third-order valence-electron chi connectivity index (χ3n) is 3.21. The molecule has 0 aliphatic carbocycles. The van der Waals surface area contributed by atoms with Crippen LogP contribution in [0.25, 0.3) is 0 Å². The quantitative estimate of drug-likeness (QED) is 0.843. The Morgan fingerprint density at radius 2 is 2.06 bits per heavy atom. The van der Waals surface area contributed by atoms with Gasteiger partial charge in [0.1, 0.15) is 6.04 Å². The van der Waals surface area contributed by atoms with Crippen LogP contribution in [0, 0.1) is 0 Å². The van der Waals surface area contributed by atoms with Crippen molar-refractivity contribution in [1.29, 1.82) is 0 Å². The lowest BCUT2D eigenvalue weighted by atomic mass is 10.1. The third-order valence-corrected chi connectivity index (χ3v) is 3.21. The molecule has 1 aliphatic rings. The van der Waals surface area contributed by atoms with Gasteiger partial charge < -0.3 is 10.0 Å². The smallest absolute Gasteiger partial charge is 0.322 e. The molecule has 1 N–H and O–H groups in total. The van der Waals surface area contributed by atoms with E-state index >= 15 is 0 Å². The van der Waals surface area contributed by atoms with E-state index in [4.69, 9.17) is 0 Å². The van der Waals surface area contributed by atoms with Crippen molar-refractivity contribution in [2.24, 2.45) is 0 Å². The summed E-state index contributed by atoms with van der Waals surface area (Å²) in [7, 11) is 1.97. The van der Waals surface area contributed by atoms with Crippen molar-refractivity contribution in [3.63, 3.8) is 0 Å². The summed E-state index contributed by atoms with van der Waals surface area (Å²) in [6, 6.07) is 9.63. The van der Waals surface area contributed by atoms with E-state index in [0.29, 0.717) is 13.1 Å². The fourth-order valence-corrected chi connectivity index (χ4v) is 2.20. The highest BCUT2D eigenvalue weighted by molar-refractivity contribution is 5.74. The van der Waals surface area contributed by atoms with Crippen molar-refractivity contribution >= 4 is 5.97 Å². The van der Waals surface area contributed by atoms with Crippen LogP contribution < -0.4 is 0 Å². The van der Waals surface area contributed by atoms with Crippen molar-refractivity contribution in [2.75, 3.05) is 26.7 Å². The lowest BCUT2D eigenvalue weighted by molar-refractivity contribution is -0.145. The Labute approximate surface area is 101 Å². The van der Waals surface area contributed by atoms with Gasteiger partial charge in [0.05, 0.1) is 0 Å². The van der Waals surface area contributed by atoms with E-state index < -0.39 is 12.0 Å². The summed E-state index contributed by atoms with van der Waals surface area (Å²) in [5.74, 6) is -0.729. The molecular formula is C13H18N2O2. The Balaban J connectivity index is 2.06. The normalized spacial score (nSPS) is 22.5. The van der Waals surface area contributed by atoms with Gasteiger partial charge in [-0.2, -0.15) is 0 Å². The van der Waals surface area contributed by atoms with Crippen LogP contribution in [-0.2, 0) is 11.3 Å². The molecule has 4 heteroatoms. The fraction of sp³-hybridized carbons (Fsp3) is 0.462. The van der Waals surface area contributed by atoms with Crippen molar-refractivity contribution in [3.05, 3.63) is 35.9 Å². The van der Waals surface area contributed by atoms with Crippen LogP contribution >= 0.6 is 0 Å². The van der Waals surface area contributed by atoms with Gasteiger partial charge in [-0.25, -0.2) is 0 Å². The molecule has 2 rings (SSSR count). The molecule has 1 saturated heterocycles. The second kappa shape index (κ2) is 5.29. The van der Waals surface area contributed by atoms with E-state index in [1.807, 2.05) is 42.3 Å². The number of aliphatic carboxylic acids is 1. The number of likely N-dealkylation sites (N-methyl/N-ethyl adjacent to an activating group) is 1. The minimum absolute atomic E-state index is 0.394. The fourth-order valence-electron chi connectivity index (χ4n) is 2.20. The number of carboxylic acid groups (broad SMARTS) is 1. The number of carboxylic acids is 1. The molecule has 0 radical (unpaired) electrons. The van der Waals surface area contributed by atoms with Gasteiger partial charge in [-0.15, -0.1) is 0 Å². The van der Waals surface area contributed by atoms with Crippen molar-refractivity contribution in [1.82, 2.24) is 9.80 Å². The minimum atomic E-state index is -0.729. The summed E-state index contributed by atoms with van der Waals surface area (Å²) in [6.45, 7) is 3.05. The van der Waals surface area contributed by atoms with Gasteiger partial charge in [0, 0.05) is 26.2 Å². The Hall–Kier alpha value is -1.39. The molecule has 0 saturated carbocycles. The molecule has 0 aromatic heterocycles. The summed E-state index contributed by atoms with van der Waals surface area (Å²) in [4.78, 5) is 15.3. The highest BCUT2D eigenvalue weighted by Gasteiger charge is 2.30. The molecule has 1 aliphatic heterocycles. The number of hydrogen-bond acceptors (Lipinski definition) is 3. The number of rotatable bonds is 3. The lowest BCUT2D eigenvalue weighted by Crippen LogP contribution is -2.54. The molecule has 4 nitrogen and oxygen atoms in total. The molecule has 1 heterocycles. The number of carbonyl (C=O) groups is 1. The van der Waals surface area contributed by atoms with Gasteiger partial charge in [0.15, 0.2) is 0 Å². The Morgan fingerprint density at radius 1 is 1.35 bits per heavy atom. The first-order valence-electron chi connectivity index (χ1n) is 5.86. The molecule has 0 bridgehead atoms. The van der Waals surface area contributed by atoms with Gasteiger partial charge >= 0.3 is 5.97 Å². The Kier molecular flexibility index (Phi) is 3.76. The van der Waals surface area contributed by atoms with Crippen LogP contribution in [0.3, 0.4) is 0 Å². The van der Waals surface area contributed by atoms with Crippen LogP contribution in [0.2, 0.25) is 0 Å². The van der Waals surface area contributed by atoms with E-state index in [9.17, 15) is 9.90 Å². The van der Waals surface area contributed by atoms with E-state index in [1.54, 1.807) is 0 Å². The standard InChI is InChI=1S/C13H18N2O2/c1-14-7-8-15(12(10-14)13(16)17)9-11-5-3-2-4-6-11/h2-6,12H,7-10H2,1H3,(H,16,17)/t12-/m0/s1. The summed E-state index contributed by atoms with van der Waals surface area (Å²) in [6.07, 6.45) is 0. The molecule has 0 amide bonds. The van der Waals surface area contributed by atoms with Gasteiger partial charge in [0.25, 0.3) is 0 Å². The van der Waals surface area contributed by atoms with Crippen LogP contribution in [0.1, 0.15) is 5.56 Å². The van der Waals surface area contributed by atoms with Gasteiger partial charge in [-0.05, 0) is 12.6 Å². The Morgan fingerprint density at radius 3 is 2.71 bits per heavy atom. The first-order chi connectivity index (χ1) is 8.16. The minimum Gasteiger partial charge on any atom is -0.480 e. The van der Waals surface area contributed by atoms with Gasteiger partial charge in [-0.1, -0.05) is 30.3 Å². The number of benzene rings is 1. The second-order valence-corrected chi connectivity index (χ2v) is 4.57. The molecular weight excluding hydrogens is 216 g/mol. The molecule has 1 aromatic carbocycles. The third kappa shape index (κ3) is 3.05. The largest absolute Gasteiger partial charge is 0.480 e. The summed E-state index contributed by atoms with van der Waals surface area (Å²) < 4.78 is 0. The predicted octanol–water partition coefficient (Wildman–Crippen LogP) is 0.887. The van der Waals surface area contributed by atoms with Crippen LogP contribution in [0.4, 0.5) is 0 Å². The molecule has 92 valence electrons. The second-order valence-electron chi connectivity index (χ2n) is 4.57. The van der Waals surface area contributed by atoms with Gasteiger partial charge in [-0.3, -0.25) is 9.69 Å². The van der Waals surface area contributed by atoms with E-state index in [0.717, 1.165) is 13.1 Å². The average molecular weight is 234 g/mol. The average Bonchev–Trinajstić information content (AvgIpc) is 2.32. The maximum absolute atomic E-state index is 11.2. The number of hydrogen-bond donors (Lipinski definition) is 1. The van der Waals surface area contributed by atoms with E-state index in [-0.39, 0.29) is 0 Å². The predicted molar refractivity (Wildman–Crippen MR) is 65.8 cm³/mol. The van der Waals surface area contributed by atoms with Crippen LogP contribution in [0.5, 0.6) is 0 Å². The first kappa shape index (κ1) is 12.1. The zero-order chi connectivity index (χ0) is 12.3. The molecule has 0 spiro atoms. The lowest BCUT2D eigenvalue weighted by Gasteiger charge is -2.37. The Bertz CT molecular complexity index is 380. The van der Waals surface area contributed by atoms with E-state index in [2.05, 4.69) is 4.90 Å². The summed E-state index contributed by atoms with van der Waals surface area (Å²) >= 11 is 0. The van der Waals surface area contributed by atoms with Gasteiger partial charge in [0.2, 0.25) is 0 Å². The molecule has 17 heavy (non-hydrogen) atoms. The first-order valence-corrected chi connectivity index (χ1v) is 5.86. The molecule has 1 aromatic rings. The summed E-state index contributed by atoms with van der Waals surface area (Å²) in [5.41, 5.74) is 1.17. The highest BCUT2D eigenvalue weighted by atomic mass is 16.4. The van der Waals surface area contributed by atoms with Crippen LogP contribution in [0.15, 0.2) is 30.3 Å². The molecule has 1 fully saturated rings. The maximum atomic E-state index is 11.2. The van der Waals surface area contributed by atoms with Crippen molar-refractivity contribution < 1.29 is 9.90 Å². The SMILES string of the molecule is CN1CCN(Cc2ccccc2)[C@H](C(=O)O)C1. The van der Waals surface area contributed by atoms with Crippen molar-refractivity contribution in [3.8, 4) is 0 Å². The monoisotopic (exact) mass is 234 g/mol. The number of piperazine rings is 1. The van der Waals surface area contributed by atoms with Crippen LogP contribution in [-0.4, -0.2) is 53.6 Å². The summed E-state index contributed by atoms with van der Waals surface area (Å²) in [5, 5.41) is 9.24. The topological polar surface area (TPSA) is 43.8 Å². The highest BCUT2D eigenvalue weighted by Crippen LogP contribution is 2.13. The molecule has 1 atom stereocenters.